The molecule has 2 N–H and O–H groups in total. The number of carbonyl (C=O) groups excluding carboxylic acids is 1. The molecule has 0 spiro atoms. The summed E-state index contributed by atoms with van der Waals surface area (Å²) in [4.78, 5) is 40.2. The molecular weight excluding hydrogens is 358 g/mol. The van der Waals surface area contributed by atoms with E-state index in [4.69, 9.17) is 4.74 Å². The Morgan fingerprint density at radius 1 is 1.14 bits per heavy atom. The van der Waals surface area contributed by atoms with E-state index in [0.717, 1.165) is 24.8 Å². The van der Waals surface area contributed by atoms with Gasteiger partial charge in [-0.1, -0.05) is 44.5 Å². The smallest absolute Gasteiger partial charge is 0.337 e. The zero-order valence-electron chi connectivity index (χ0n) is 16.0. The number of H-pyrrole nitrogens is 1. The van der Waals surface area contributed by atoms with Gasteiger partial charge in [-0.15, -0.1) is 0 Å². The predicted octanol–water partition coefficient (Wildman–Crippen LogP) is 2.27. The highest BCUT2D eigenvalue weighted by atomic mass is 16.5. The lowest BCUT2D eigenvalue weighted by molar-refractivity contribution is -0.136. The Labute approximate surface area is 162 Å². The molecule has 2 aromatic rings. The maximum absolute atomic E-state index is 12.8. The minimum absolute atomic E-state index is 0.117. The molecule has 1 aromatic carbocycles. The third-order valence-corrected chi connectivity index (χ3v) is 5.43. The number of fused-ring (bicyclic) bond motifs is 1. The molecule has 0 saturated carbocycles. The van der Waals surface area contributed by atoms with E-state index in [-0.39, 0.29) is 6.61 Å². The molecule has 2 aliphatic rings. The van der Waals surface area contributed by atoms with E-state index in [2.05, 4.69) is 17.2 Å². The van der Waals surface area contributed by atoms with Crippen molar-refractivity contribution in [2.75, 3.05) is 11.9 Å². The number of benzene rings is 1. The van der Waals surface area contributed by atoms with Crippen LogP contribution in [0.4, 0.5) is 5.82 Å². The highest BCUT2D eigenvalue weighted by Gasteiger charge is 2.41. The summed E-state index contributed by atoms with van der Waals surface area (Å²) in [6.45, 7) is 4.71. The Morgan fingerprint density at radius 3 is 2.57 bits per heavy atom. The van der Waals surface area contributed by atoms with Crippen LogP contribution in [0.2, 0.25) is 0 Å². The summed E-state index contributed by atoms with van der Waals surface area (Å²) < 4.78 is 6.80. The highest BCUT2D eigenvalue weighted by Crippen LogP contribution is 2.42. The normalized spacial score (nSPS) is 17.8. The van der Waals surface area contributed by atoms with Gasteiger partial charge in [0, 0.05) is 6.54 Å². The molecule has 1 atom stereocenters. The fourth-order valence-electron chi connectivity index (χ4n) is 3.90. The number of hydrogen-bond acceptors (Lipinski definition) is 5. The van der Waals surface area contributed by atoms with Crippen molar-refractivity contribution in [1.82, 2.24) is 9.55 Å². The molecular formula is C21H23N3O4. The zero-order valence-corrected chi connectivity index (χ0v) is 16.0. The first-order valence-electron chi connectivity index (χ1n) is 9.68. The minimum Gasteiger partial charge on any atom is -0.456 e. The second-order valence-electron chi connectivity index (χ2n) is 7.15. The van der Waals surface area contributed by atoms with Crippen molar-refractivity contribution >= 4 is 11.8 Å². The molecule has 0 amide bonds. The molecule has 7 nitrogen and oxygen atoms in total. The van der Waals surface area contributed by atoms with Crippen LogP contribution in [0, 0.1) is 0 Å². The zero-order chi connectivity index (χ0) is 19.8. The number of anilines is 1. The number of hydrogen-bond donors (Lipinski definition) is 2. The number of aryl methyl sites for hydroxylation is 1. The molecule has 0 radical (unpaired) electrons. The lowest BCUT2D eigenvalue weighted by Crippen LogP contribution is -2.38. The van der Waals surface area contributed by atoms with Gasteiger partial charge in [0.2, 0.25) is 0 Å². The van der Waals surface area contributed by atoms with Gasteiger partial charge in [-0.05, 0) is 24.0 Å². The van der Waals surface area contributed by atoms with Crippen LogP contribution in [0.3, 0.4) is 0 Å². The van der Waals surface area contributed by atoms with E-state index >= 15 is 0 Å². The summed E-state index contributed by atoms with van der Waals surface area (Å²) in [5, 5.41) is 3.15. The van der Waals surface area contributed by atoms with Crippen molar-refractivity contribution in [3.8, 4) is 0 Å². The summed E-state index contributed by atoms with van der Waals surface area (Å²) in [6.07, 6.45) is 2.62. The van der Waals surface area contributed by atoms with Gasteiger partial charge in [0.1, 0.15) is 12.4 Å². The molecule has 0 bridgehead atoms. The summed E-state index contributed by atoms with van der Waals surface area (Å²) in [5.41, 5.74) is 2.54. The molecule has 0 aliphatic carbocycles. The maximum atomic E-state index is 12.8. The number of rotatable bonds is 5. The van der Waals surface area contributed by atoms with Crippen molar-refractivity contribution in [3.63, 3.8) is 0 Å². The molecule has 7 heteroatoms. The standard InChI is InChI=1S/C21H23N3O4/c1-3-5-10-24-18-17(19(25)23-21(24)27)15(13-8-6-12(4-2)7-9-13)16-14(22-18)11-28-20(16)26/h6-9,15,22H,3-5,10-11H2,1-2H3,(H,23,25,27)/t15-/m1/s1. The molecule has 2 aliphatic heterocycles. The fourth-order valence-corrected chi connectivity index (χ4v) is 3.90. The Kier molecular flexibility index (Phi) is 4.66. The first kappa shape index (κ1) is 18.3. The van der Waals surface area contributed by atoms with Crippen molar-refractivity contribution in [1.29, 1.82) is 0 Å². The number of aromatic nitrogens is 2. The summed E-state index contributed by atoms with van der Waals surface area (Å²) in [6, 6.07) is 7.88. The Balaban J connectivity index is 1.95. The largest absolute Gasteiger partial charge is 0.456 e. The molecule has 146 valence electrons. The number of aromatic amines is 1. The molecule has 28 heavy (non-hydrogen) atoms. The third-order valence-electron chi connectivity index (χ3n) is 5.43. The monoisotopic (exact) mass is 381 g/mol. The van der Waals surface area contributed by atoms with Gasteiger partial charge in [0.25, 0.3) is 5.56 Å². The van der Waals surface area contributed by atoms with Gasteiger partial charge in [0.05, 0.1) is 22.8 Å². The van der Waals surface area contributed by atoms with Crippen LogP contribution < -0.4 is 16.6 Å². The lowest BCUT2D eigenvalue weighted by Gasteiger charge is -2.28. The van der Waals surface area contributed by atoms with Crippen molar-refractivity contribution in [2.45, 2.75) is 45.6 Å². The van der Waals surface area contributed by atoms with E-state index in [0.29, 0.717) is 29.2 Å². The Hall–Kier alpha value is -3.09. The molecule has 4 rings (SSSR count). The van der Waals surface area contributed by atoms with Gasteiger partial charge in [0.15, 0.2) is 0 Å². The number of nitrogens with one attached hydrogen (secondary N) is 2. The average molecular weight is 381 g/mol. The van der Waals surface area contributed by atoms with Gasteiger partial charge >= 0.3 is 11.7 Å². The quantitative estimate of drug-likeness (QED) is 0.775. The lowest BCUT2D eigenvalue weighted by atomic mass is 9.82. The minimum atomic E-state index is -0.565. The number of unbranched alkanes of at least 4 members (excludes halogenated alkanes) is 1. The number of nitrogens with zero attached hydrogens (tertiary/aromatic N) is 1. The van der Waals surface area contributed by atoms with E-state index in [9.17, 15) is 14.4 Å². The highest BCUT2D eigenvalue weighted by molar-refractivity contribution is 5.96. The van der Waals surface area contributed by atoms with E-state index in [1.807, 2.05) is 31.2 Å². The van der Waals surface area contributed by atoms with Crippen LogP contribution in [0.15, 0.2) is 45.1 Å². The van der Waals surface area contributed by atoms with Gasteiger partial charge < -0.3 is 10.1 Å². The van der Waals surface area contributed by atoms with E-state index < -0.39 is 23.1 Å². The third kappa shape index (κ3) is 2.87. The Bertz CT molecular complexity index is 1080. The van der Waals surface area contributed by atoms with Gasteiger partial charge in [-0.3, -0.25) is 14.3 Å². The number of esters is 1. The summed E-state index contributed by atoms with van der Waals surface area (Å²) >= 11 is 0. The topological polar surface area (TPSA) is 93.2 Å². The van der Waals surface area contributed by atoms with Crippen LogP contribution in [0.1, 0.15) is 49.3 Å². The van der Waals surface area contributed by atoms with Crippen molar-refractivity contribution in [2.24, 2.45) is 0 Å². The molecule has 0 fully saturated rings. The van der Waals surface area contributed by atoms with Crippen LogP contribution >= 0.6 is 0 Å². The van der Waals surface area contributed by atoms with Crippen molar-refractivity contribution < 1.29 is 9.53 Å². The fraction of sp³-hybridized carbons (Fsp3) is 0.381. The number of carbonyl (C=O) groups is 1. The Morgan fingerprint density at radius 2 is 1.89 bits per heavy atom. The second-order valence-corrected chi connectivity index (χ2v) is 7.15. The molecule has 0 unspecified atom stereocenters. The summed E-state index contributed by atoms with van der Waals surface area (Å²) in [5.74, 6) is -0.531. The second kappa shape index (κ2) is 7.14. The molecule has 3 heterocycles. The van der Waals surface area contributed by atoms with Crippen LogP contribution in [-0.2, 0) is 22.5 Å². The van der Waals surface area contributed by atoms with Crippen LogP contribution in [0.25, 0.3) is 0 Å². The molecule has 1 aromatic heterocycles. The van der Waals surface area contributed by atoms with Crippen LogP contribution in [0.5, 0.6) is 0 Å². The average Bonchev–Trinajstić information content (AvgIpc) is 3.07. The number of ether oxygens (including phenoxy) is 1. The van der Waals surface area contributed by atoms with Crippen molar-refractivity contribution in [3.05, 3.63) is 73.1 Å². The van der Waals surface area contributed by atoms with Gasteiger partial charge in [-0.25, -0.2) is 9.59 Å². The number of cyclic esters (lactones) is 1. The van der Waals surface area contributed by atoms with Gasteiger partial charge in [-0.2, -0.15) is 0 Å². The maximum Gasteiger partial charge on any atom is 0.337 e. The SMILES string of the molecule is CCCCn1c2c(c(=O)[nH]c1=O)[C@H](c1ccc(CC)cc1)C1=C(COC1=O)N2. The first-order valence-corrected chi connectivity index (χ1v) is 9.68. The summed E-state index contributed by atoms with van der Waals surface area (Å²) in [7, 11) is 0. The van der Waals surface area contributed by atoms with E-state index in [1.54, 1.807) is 4.57 Å². The molecule has 0 saturated heterocycles. The predicted molar refractivity (Wildman–Crippen MR) is 106 cm³/mol. The first-order chi connectivity index (χ1) is 13.5. The van der Waals surface area contributed by atoms with E-state index in [1.165, 1.54) is 5.56 Å². The van der Waals surface area contributed by atoms with Crippen LogP contribution in [-0.4, -0.2) is 22.1 Å².